The van der Waals surface area contributed by atoms with E-state index in [9.17, 15) is 4.79 Å². The van der Waals surface area contributed by atoms with Crippen LogP contribution in [0.1, 0.15) is 0 Å². The smallest absolute Gasteiger partial charge is 0.267 e. The second-order valence-corrected chi connectivity index (χ2v) is 5.15. The molecule has 0 bridgehead atoms. The maximum atomic E-state index is 12.1. The molecule has 24 heavy (non-hydrogen) atoms. The summed E-state index contributed by atoms with van der Waals surface area (Å²) >= 11 is 6.02. The molecule has 6 nitrogen and oxygen atoms in total. The summed E-state index contributed by atoms with van der Waals surface area (Å²) in [5.41, 5.74) is 7.25. The van der Waals surface area contributed by atoms with Crippen LogP contribution in [0.4, 0.5) is 17.1 Å². The number of rotatable bonds is 5. The van der Waals surface area contributed by atoms with Crippen molar-refractivity contribution in [3.63, 3.8) is 0 Å². The van der Waals surface area contributed by atoms with Gasteiger partial charge in [0.15, 0.2) is 0 Å². The lowest BCUT2D eigenvalue weighted by atomic mass is 10.2. The highest BCUT2D eigenvalue weighted by atomic mass is 35.5. The van der Waals surface area contributed by atoms with E-state index in [2.05, 4.69) is 10.6 Å². The van der Waals surface area contributed by atoms with Crippen LogP contribution in [-0.2, 0) is 4.79 Å². The normalized spacial score (nSPS) is 10.6. The fraction of sp³-hybridized carbons (Fsp3) is 0.0588. The average Bonchev–Trinajstić information content (AvgIpc) is 2.57. The Morgan fingerprint density at radius 3 is 2.50 bits per heavy atom. The third kappa shape index (κ3) is 4.41. The molecule has 0 heterocycles. The van der Waals surface area contributed by atoms with E-state index < -0.39 is 5.91 Å². The lowest BCUT2D eigenvalue weighted by molar-refractivity contribution is -0.112. The quantitative estimate of drug-likeness (QED) is 0.439. The van der Waals surface area contributed by atoms with E-state index in [0.29, 0.717) is 27.8 Å². The molecule has 2 aromatic rings. The summed E-state index contributed by atoms with van der Waals surface area (Å²) in [7, 11) is 1.52. The van der Waals surface area contributed by atoms with Gasteiger partial charge in [-0.05, 0) is 42.5 Å². The zero-order chi connectivity index (χ0) is 17.5. The predicted octanol–water partition coefficient (Wildman–Crippen LogP) is 3.39. The highest BCUT2D eigenvalue weighted by Crippen LogP contribution is 2.27. The number of benzene rings is 2. The van der Waals surface area contributed by atoms with E-state index in [-0.39, 0.29) is 5.57 Å². The molecule has 0 saturated carbocycles. The van der Waals surface area contributed by atoms with Crippen molar-refractivity contribution in [1.29, 1.82) is 5.26 Å². The van der Waals surface area contributed by atoms with Crippen LogP contribution < -0.4 is 21.1 Å². The van der Waals surface area contributed by atoms with Crippen molar-refractivity contribution >= 4 is 34.6 Å². The number of nitrogen functional groups attached to an aromatic ring is 1. The van der Waals surface area contributed by atoms with Gasteiger partial charge in [-0.3, -0.25) is 4.79 Å². The van der Waals surface area contributed by atoms with Crippen LogP contribution in [0.25, 0.3) is 0 Å². The molecule has 0 fully saturated rings. The fourth-order valence-corrected chi connectivity index (χ4v) is 2.08. The first-order chi connectivity index (χ1) is 11.5. The molecule has 0 atom stereocenters. The summed E-state index contributed by atoms with van der Waals surface area (Å²) in [6.45, 7) is 0. The number of carbonyl (C=O) groups excluding carboxylic acids is 1. The second-order valence-electron chi connectivity index (χ2n) is 4.74. The van der Waals surface area contributed by atoms with Gasteiger partial charge in [-0.25, -0.2) is 0 Å². The summed E-state index contributed by atoms with van der Waals surface area (Å²) < 4.78 is 5.06. The van der Waals surface area contributed by atoms with Crippen molar-refractivity contribution in [3.05, 3.63) is 59.3 Å². The number of nitrogens with one attached hydrogen (secondary N) is 2. The van der Waals surface area contributed by atoms with Crippen molar-refractivity contribution in [2.45, 2.75) is 0 Å². The number of carbonyl (C=O) groups is 1. The van der Waals surface area contributed by atoms with Crippen LogP contribution in [0.15, 0.2) is 54.2 Å². The summed E-state index contributed by atoms with van der Waals surface area (Å²) in [5, 5.41) is 15.0. The number of nitrogens with two attached hydrogens (primary N) is 1. The Morgan fingerprint density at radius 2 is 1.92 bits per heavy atom. The van der Waals surface area contributed by atoms with E-state index in [1.807, 2.05) is 6.07 Å². The first-order valence-electron chi connectivity index (χ1n) is 6.90. The number of nitrogens with zero attached hydrogens (tertiary/aromatic N) is 1. The number of amides is 1. The molecule has 2 aromatic carbocycles. The number of ether oxygens (including phenoxy) is 1. The van der Waals surface area contributed by atoms with Crippen LogP contribution in [0.2, 0.25) is 5.02 Å². The Labute approximate surface area is 144 Å². The minimum Gasteiger partial charge on any atom is -0.495 e. The van der Waals surface area contributed by atoms with E-state index in [0.717, 1.165) is 0 Å². The van der Waals surface area contributed by atoms with Gasteiger partial charge < -0.3 is 21.1 Å². The molecule has 0 aromatic heterocycles. The summed E-state index contributed by atoms with van der Waals surface area (Å²) in [6.07, 6.45) is 1.31. The van der Waals surface area contributed by atoms with Crippen molar-refractivity contribution in [3.8, 4) is 11.8 Å². The maximum Gasteiger partial charge on any atom is 0.267 e. The number of nitriles is 1. The van der Waals surface area contributed by atoms with Gasteiger partial charge in [-0.1, -0.05) is 11.6 Å². The van der Waals surface area contributed by atoms with Gasteiger partial charge in [0.1, 0.15) is 17.4 Å². The molecule has 7 heteroatoms. The Kier molecular flexibility index (Phi) is 5.66. The molecule has 0 aliphatic carbocycles. The average molecular weight is 343 g/mol. The van der Waals surface area contributed by atoms with Crippen molar-refractivity contribution in [1.82, 2.24) is 0 Å². The fourth-order valence-electron chi connectivity index (χ4n) is 1.83. The molecule has 0 aliphatic rings. The van der Waals surface area contributed by atoms with Crippen LogP contribution in [-0.4, -0.2) is 13.0 Å². The summed E-state index contributed by atoms with van der Waals surface area (Å²) in [4.78, 5) is 12.1. The van der Waals surface area contributed by atoms with E-state index in [1.165, 1.54) is 13.3 Å². The Hall–Kier alpha value is -3.17. The number of anilines is 3. The summed E-state index contributed by atoms with van der Waals surface area (Å²) in [5.74, 6) is 0.00202. The molecule has 0 saturated heterocycles. The SMILES string of the molecule is COc1ccc(N/C=C(/C#N)C(=O)Nc2ccc(N)cc2)cc1Cl. The second kappa shape index (κ2) is 7.90. The number of hydrogen-bond acceptors (Lipinski definition) is 5. The van der Waals surface area contributed by atoms with Gasteiger partial charge in [-0.15, -0.1) is 0 Å². The van der Waals surface area contributed by atoms with Crippen LogP contribution in [0, 0.1) is 11.3 Å². The van der Waals surface area contributed by atoms with E-state index >= 15 is 0 Å². The van der Waals surface area contributed by atoms with Crippen molar-refractivity contribution in [2.24, 2.45) is 0 Å². The summed E-state index contributed by atoms with van der Waals surface area (Å²) in [6, 6.07) is 13.5. The number of methoxy groups -OCH3 is 1. The van der Waals surface area contributed by atoms with Crippen molar-refractivity contribution < 1.29 is 9.53 Å². The lowest BCUT2D eigenvalue weighted by Crippen LogP contribution is -2.14. The van der Waals surface area contributed by atoms with Crippen molar-refractivity contribution in [2.75, 3.05) is 23.5 Å². The minimum atomic E-state index is -0.533. The number of halogens is 1. The molecule has 4 N–H and O–H groups in total. The zero-order valence-electron chi connectivity index (χ0n) is 12.8. The molecular weight excluding hydrogens is 328 g/mol. The third-order valence-corrected chi connectivity index (χ3v) is 3.36. The molecule has 1 amide bonds. The van der Waals surface area contributed by atoms with Gasteiger partial charge in [0.2, 0.25) is 0 Å². The van der Waals surface area contributed by atoms with Gasteiger partial charge >= 0.3 is 0 Å². The predicted molar refractivity (Wildman–Crippen MR) is 94.8 cm³/mol. The topological polar surface area (TPSA) is 100 Å². The molecule has 0 radical (unpaired) electrons. The van der Waals surface area contributed by atoms with Crippen LogP contribution in [0.3, 0.4) is 0 Å². The first-order valence-corrected chi connectivity index (χ1v) is 7.28. The molecular formula is C17H15ClN4O2. The molecule has 122 valence electrons. The number of hydrogen-bond donors (Lipinski definition) is 3. The lowest BCUT2D eigenvalue weighted by Gasteiger charge is -2.07. The van der Waals surface area contributed by atoms with E-state index in [1.54, 1.807) is 42.5 Å². The van der Waals surface area contributed by atoms with Crippen LogP contribution >= 0.6 is 11.6 Å². The first kappa shape index (κ1) is 17.2. The Morgan fingerprint density at radius 1 is 1.25 bits per heavy atom. The van der Waals surface area contributed by atoms with Crippen LogP contribution in [0.5, 0.6) is 5.75 Å². The maximum absolute atomic E-state index is 12.1. The third-order valence-electron chi connectivity index (χ3n) is 3.07. The van der Waals surface area contributed by atoms with Gasteiger partial charge in [0.05, 0.1) is 12.1 Å². The van der Waals surface area contributed by atoms with Gasteiger partial charge in [0, 0.05) is 23.3 Å². The largest absolute Gasteiger partial charge is 0.495 e. The molecule has 0 spiro atoms. The zero-order valence-corrected chi connectivity index (χ0v) is 13.6. The molecule has 2 rings (SSSR count). The molecule has 0 unspecified atom stereocenters. The molecule has 0 aliphatic heterocycles. The minimum absolute atomic E-state index is 0.0845. The highest BCUT2D eigenvalue weighted by molar-refractivity contribution is 6.32. The highest BCUT2D eigenvalue weighted by Gasteiger charge is 2.09. The monoisotopic (exact) mass is 342 g/mol. The Bertz CT molecular complexity index is 810. The van der Waals surface area contributed by atoms with Gasteiger partial charge in [-0.2, -0.15) is 5.26 Å². The van der Waals surface area contributed by atoms with Gasteiger partial charge in [0.25, 0.3) is 5.91 Å². The standard InChI is InChI=1S/C17H15ClN4O2/c1-24-16-7-6-14(8-15(16)18)21-10-11(9-19)17(23)22-13-4-2-12(20)3-5-13/h2-8,10,21H,20H2,1H3,(H,22,23)/b11-10-. The van der Waals surface area contributed by atoms with E-state index in [4.69, 9.17) is 27.3 Å². The Balaban J connectivity index is 2.08.